The lowest BCUT2D eigenvalue weighted by atomic mass is 10.0. The first-order valence-corrected chi connectivity index (χ1v) is 10.0. The number of nitrogens with one attached hydrogen (secondary N) is 1. The van der Waals surface area contributed by atoms with Gasteiger partial charge in [-0.25, -0.2) is 9.18 Å². The van der Waals surface area contributed by atoms with Crippen molar-refractivity contribution in [3.05, 3.63) is 82.0 Å². The van der Waals surface area contributed by atoms with Gasteiger partial charge in [0.15, 0.2) is 0 Å². The third-order valence-corrected chi connectivity index (χ3v) is 5.11. The van der Waals surface area contributed by atoms with Gasteiger partial charge in [-0.1, -0.05) is 35.9 Å². The molecule has 0 spiro atoms. The largest absolute Gasteiger partial charge is 0.462 e. The lowest BCUT2D eigenvalue weighted by Gasteiger charge is -2.08. The zero-order chi connectivity index (χ0) is 20.8. The van der Waals surface area contributed by atoms with Gasteiger partial charge in [-0.3, -0.25) is 4.79 Å². The summed E-state index contributed by atoms with van der Waals surface area (Å²) >= 11 is 7.18. The van der Waals surface area contributed by atoms with E-state index in [1.54, 1.807) is 54.8 Å². The topological polar surface area (TPSA) is 55.4 Å². The predicted octanol–water partition coefficient (Wildman–Crippen LogP) is 6.04. The van der Waals surface area contributed by atoms with Crippen LogP contribution in [0.2, 0.25) is 5.02 Å². The Balaban J connectivity index is 1.86. The minimum atomic E-state index is -0.517. The minimum absolute atomic E-state index is 0.215. The molecule has 2 aromatic carbocycles. The van der Waals surface area contributed by atoms with Crippen molar-refractivity contribution in [2.75, 3.05) is 11.9 Å². The van der Waals surface area contributed by atoms with Crippen LogP contribution >= 0.6 is 22.9 Å². The van der Waals surface area contributed by atoms with E-state index in [2.05, 4.69) is 5.32 Å². The summed E-state index contributed by atoms with van der Waals surface area (Å²) in [6.45, 7) is 1.93. The Morgan fingerprint density at radius 1 is 1.14 bits per heavy atom. The summed E-state index contributed by atoms with van der Waals surface area (Å²) in [7, 11) is 0. The Morgan fingerprint density at radius 2 is 1.83 bits per heavy atom. The maximum absolute atomic E-state index is 13.0. The van der Waals surface area contributed by atoms with Crippen LogP contribution < -0.4 is 5.32 Å². The van der Waals surface area contributed by atoms with Crippen LogP contribution in [0.4, 0.5) is 9.39 Å². The van der Waals surface area contributed by atoms with Crippen molar-refractivity contribution in [3.8, 4) is 11.1 Å². The van der Waals surface area contributed by atoms with E-state index in [-0.39, 0.29) is 12.4 Å². The molecule has 0 fully saturated rings. The zero-order valence-electron chi connectivity index (χ0n) is 15.4. The molecule has 0 unspecified atom stereocenters. The van der Waals surface area contributed by atoms with E-state index >= 15 is 0 Å². The fourth-order valence-corrected chi connectivity index (χ4v) is 3.68. The van der Waals surface area contributed by atoms with Crippen LogP contribution in [0.5, 0.6) is 0 Å². The van der Waals surface area contributed by atoms with E-state index in [9.17, 15) is 14.0 Å². The number of rotatable bonds is 6. The Kier molecular flexibility index (Phi) is 6.80. The number of halogens is 2. The number of thiophene rings is 1. The summed E-state index contributed by atoms with van der Waals surface area (Å²) in [4.78, 5) is 24.9. The van der Waals surface area contributed by atoms with Gasteiger partial charge in [0.1, 0.15) is 16.4 Å². The molecule has 3 rings (SSSR count). The monoisotopic (exact) mass is 429 g/mol. The maximum atomic E-state index is 13.0. The highest BCUT2D eigenvalue weighted by molar-refractivity contribution is 7.15. The summed E-state index contributed by atoms with van der Waals surface area (Å²) < 4.78 is 18.1. The van der Waals surface area contributed by atoms with Gasteiger partial charge in [-0.2, -0.15) is 0 Å². The smallest absolute Gasteiger partial charge is 0.341 e. The Bertz CT molecular complexity index is 1040. The van der Waals surface area contributed by atoms with Gasteiger partial charge in [-0.05, 0) is 48.4 Å². The quantitative estimate of drug-likeness (QED) is 0.384. The van der Waals surface area contributed by atoms with E-state index in [4.69, 9.17) is 16.3 Å². The number of benzene rings is 2. The van der Waals surface area contributed by atoms with Crippen LogP contribution in [0.15, 0.2) is 60.0 Å². The molecule has 148 valence electrons. The van der Waals surface area contributed by atoms with Crippen LogP contribution in [0.25, 0.3) is 17.2 Å². The molecule has 0 atom stereocenters. The molecule has 0 aliphatic carbocycles. The van der Waals surface area contributed by atoms with E-state index in [1.165, 1.54) is 29.5 Å². The van der Waals surface area contributed by atoms with Crippen LogP contribution in [0, 0.1) is 5.82 Å². The molecule has 0 saturated heterocycles. The van der Waals surface area contributed by atoms with Crippen molar-refractivity contribution in [1.82, 2.24) is 0 Å². The SMILES string of the molecule is CCOC(=O)c1c(-c2ccc(Cl)cc2)csc1NC(=O)C=Cc1ccc(F)cc1. The lowest BCUT2D eigenvalue weighted by molar-refractivity contribution is -0.111. The fourth-order valence-electron chi connectivity index (χ4n) is 2.60. The van der Waals surface area contributed by atoms with E-state index in [0.29, 0.717) is 26.7 Å². The fraction of sp³-hybridized carbons (Fsp3) is 0.0909. The molecule has 7 heteroatoms. The number of carbonyl (C=O) groups excluding carboxylic acids is 2. The summed E-state index contributed by atoms with van der Waals surface area (Å²) in [5, 5.41) is 5.49. The van der Waals surface area contributed by atoms with Crippen LogP contribution in [-0.2, 0) is 9.53 Å². The molecule has 29 heavy (non-hydrogen) atoms. The van der Waals surface area contributed by atoms with Gasteiger partial charge in [0.05, 0.1) is 6.61 Å². The van der Waals surface area contributed by atoms with Gasteiger partial charge >= 0.3 is 5.97 Å². The number of hydrogen-bond donors (Lipinski definition) is 1. The van der Waals surface area contributed by atoms with Gasteiger partial charge in [0.2, 0.25) is 5.91 Å². The Hall–Kier alpha value is -2.96. The highest BCUT2D eigenvalue weighted by Gasteiger charge is 2.22. The molecular weight excluding hydrogens is 413 g/mol. The van der Waals surface area contributed by atoms with Crippen molar-refractivity contribution in [1.29, 1.82) is 0 Å². The number of esters is 1. The summed E-state index contributed by atoms with van der Waals surface area (Å²) in [5.41, 5.74) is 2.42. The van der Waals surface area contributed by atoms with Crippen molar-refractivity contribution in [2.24, 2.45) is 0 Å². The molecule has 0 saturated carbocycles. The van der Waals surface area contributed by atoms with Gasteiger partial charge in [0.25, 0.3) is 0 Å². The van der Waals surface area contributed by atoms with Crippen molar-refractivity contribution < 1.29 is 18.7 Å². The molecule has 0 aliphatic rings. The standard InChI is InChI=1S/C22H17ClFNO3S/c1-2-28-22(27)20-18(15-6-8-16(23)9-7-15)13-29-21(20)25-19(26)12-5-14-3-10-17(24)11-4-14/h3-13H,2H2,1H3,(H,25,26). The molecule has 1 heterocycles. The molecule has 1 aromatic heterocycles. The second-order valence-electron chi connectivity index (χ2n) is 5.96. The van der Waals surface area contributed by atoms with Crippen molar-refractivity contribution in [2.45, 2.75) is 6.92 Å². The molecule has 1 amide bonds. The first-order valence-electron chi connectivity index (χ1n) is 8.77. The molecule has 0 bridgehead atoms. The highest BCUT2D eigenvalue weighted by Crippen LogP contribution is 2.36. The highest BCUT2D eigenvalue weighted by atomic mass is 35.5. The normalized spacial score (nSPS) is 10.9. The molecule has 0 aliphatic heterocycles. The summed E-state index contributed by atoms with van der Waals surface area (Å²) in [6, 6.07) is 12.8. The Labute approximate surface area is 176 Å². The van der Waals surface area contributed by atoms with E-state index < -0.39 is 11.9 Å². The van der Waals surface area contributed by atoms with Crippen LogP contribution in [0.3, 0.4) is 0 Å². The van der Waals surface area contributed by atoms with E-state index in [1.807, 2.05) is 0 Å². The van der Waals surface area contributed by atoms with Crippen LogP contribution in [0.1, 0.15) is 22.8 Å². The second kappa shape index (κ2) is 9.49. The molecule has 0 radical (unpaired) electrons. The maximum Gasteiger partial charge on any atom is 0.341 e. The lowest BCUT2D eigenvalue weighted by Crippen LogP contribution is -2.12. The summed E-state index contributed by atoms with van der Waals surface area (Å²) in [6.07, 6.45) is 2.89. The first kappa shape index (κ1) is 20.8. The molecule has 3 aromatic rings. The molecular formula is C22H17ClFNO3S. The third-order valence-electron chi connectivity index (χ3n) is 3.96. The predicted molar refractivity (Wildman–Crippen MR) is 115 cm³/mol. The second-order valence-corrected chi connectivity index (χ2v) is 7.27. The number of ether oxygens (including phenoxy) is 1. The number of carbonyl (C=O) groups is 2. The average Bonchev–Trinajstić information content (AvgIpc) is 3.12. The molecule has 4 nitrogen and oxygen atoms in total. The summed E-state index contributed by atoms with van der Waals surface area (Å²) in [5.74, 6) is -1.28. The minimum Gasteiger partial charge on any atom is -0.462 e. The zero-order valence-corrected chi connectivity index (χ0v) is 17.0. The Morgan fingerprint density at radius 3 is 2.48 bits per heavy atom. The number of hydrogen-bond acceptors (Lipinski definition) is 4. The van der Waals surface area contributed by atoms with Crippen LogP contribution in [-0.4, -0.2) is 18.5 Å². The van der Waals surface area contributed by atoms with Gasteiger partial charge in [0, 0.05) is 22.0 Å². The van der Waals surface area contributed by atoms with Gasteiger partial charge < -0.3 is 10.1 Å². The van der Waals surface area contributed by atoms with E-state index in [0.717, 1.165) is 5.56 Å². The van der Waals surface area contributed by atoms with Crippen molar-refractivity contribution in [3.63, 3.8) is 0 Å². The first-order chi connectivity index (χ1) is 14.0. The number of anilines is 1. The van der Waals surface area contributed by atoms with Gasteiger partial charge in [-0.15, -0.1) is 11.3 Å². The molecule has 1 N–H and O–H groups in total. The third kappa shape index (κ3) is 5.31. The van der Waals surface area contributed by atoms with Crippen molar-refractivity contribution >= 4 is 45.9 Å². The number of amides is 1. The average molecular weight is 430 g/mol.